The molecule has 5 rings (SSSR count). The molecule has 0 aliphatic rings. The number of nitrogens with one attached hydrogen (secondary N) is 1. The lowest BCUT2D eigenvalue weighted by Crippen LogP contribution is -2.24. The van der Waals surface area contributed by atoms with E-state index in [-0.39, 0.29) is 18.1 Å². The second-order valence-corrected chi connectivity index (χ2v) is 11.1. The molecule has 44 heavy (non-hydrogen) atoms. The van der Waals surface area contributed by atoms with Gasteiger partial charge >= 0.3 is 6.18 Å². The van der Waals surface area contributed by atoms with Crippen LogP contribution in [0.15, 0.2) is 109 Å². The molecule has 0 aliphatic heterocycles. The zero-order valence-corrected chi connectivity index (χ0v) is 24.4. The summed E-state index contributed by atoms with van der Waals surface area (Å²) >= 11 is 1.32. The molecule has 0 spiro atoms. The molecule has 1 amide bonds. The van der Waals surface area contributed by atoms with Gasteiger partial charge in [-0.2, -0.15) is 13.2 Å². The minimum absolute atomic E-state index is 0.0582. The van der Waals surface area contributed by atoms with Gasteiger partial charge in [0.2, 0.25) is 0 Å². The van der Waals surface area contributed by atoms with E-state index in [1.807, 2.05) is 54.6 Å². The van der Waals surface area contributed by atoms with Crippen molar-refractivity contribution < 1.29 is 27.1 Å². The van der Waals surface area contributed by atoms with Gasteiger partial charge in [0.25, 0.3) is 5.91 Å². The Morgan fingerprint density at radius 1 is 0.795 bits per heavy atom. The molecule has 0 fully saturated rings. The molecule has 0 saturated heterocycles. The number of thiazole rings is 1. The highest BCUT2D eigenvalue weighted by Gasteiger charge is 2.30. The number of halogens is 4. The van der Waals surface area contributed by atoms with Crippen LogP contribution in [0.3, 0.4) is 0 Å². The lowest BCUT2D eigenvalue weighted by atomic mass is 10.1. The predicted octanol–water partition coefficient (Wildman–Crippen LogP) is 8.01. The van der Waals surface area contributed by atoms with Crippen LogP contribution in [0.25, 0.3) is 0 Å². The second-order valence-electron chi connectivity index (χ2n) is 10.2. The van der Waals surface area contributed by atoms with Crippen molar-refractivity contribution in [3.63, 3.8) is 0 Å². The lowest BCUT2D eigenvalue weighted by Gasteiger charge is -2.22. The normalized spacial score (nSPS) is 11.5. The van der Waals surface area contributed by atoms with Crippen LogP contribution in [0.5, 0.6) is 5.75 Å². The van der Waals surface area contributed by atoms with Gasteiger partial charge < -0.3 is 10.1 Å². The van der Waals surface area contributed by atoms with E-state index in [9.17, 15) is 22.4 Å². The van der Waals surface area contributed by atoms with Crippen LogP contribution in [0, 0.1) is 5.82 Å². The molecule has 0 saturated carbocycles. The number of hydrogen-bond acceptors (Lipinski definition) is 5. The minimum atomic E-state index is -4.46. The van der Waals surface area contributed by atoms with Gasteiger partial charge in [0.1, 0.15) is 28.9 Å². The summed E-state index contributed by atoms with van der Waals surface area (Å²) in [7, 11) is 0. The number of alkyl halides is 3. The average molecular weight is 620 g/mol. The molecule has 1 aromatic heterocycles. The van der Waals surface area contributed by atoms with Crippen LogP contribution in [-0.2, 0) is 39.0 Å². The molecule has 0 aliphatic carbocycles. The number of carbonyl (C=O) groups excluding carboxylic acids is 1. The number of hydrogen-bond donors (Lipinski definition) is 1. The van der Waals surface area contributed by atoms with Crippen molar-refractivity contribution in [1.29, 1.82) is 0 Å². The maximum absolute atomic E-state index is 13.5. The zero-order valence-electron chi connectivity index (χ0n) is 23.6. The van der Waals surface area contributed by atoms with Gasteiger partial charge in [-0.1, -0.05) is 66.7 Å². The van der Waals surface area contributed by atoms with Crippen molar-refractivity contribution in [2.24, 2.45) is 0 Å². The Morgan fingerprint density at radius 3 is 2.14 bits per heavy atom. The number of ether oxygens (including phenoxy) is 1. The van der Waals surface area contributed by atoms with Crippen molar-refractivity contribution in [3.05, 3.63) is 153 Å². The number of carbonyl (C=O) groups is 1. The summed E-state index contributed by atoms with van der Waals surface area (Å²) in [6.07, 6.45) is -4.46. The SMILES string of the molecule is O=C(NCc1cccc(C(F)(F)F)c1)c1csc(CN(Cc2ccc(F)cc2)Cc2ccc(OCc3ccccc3)cc2)n1. The molecular formula is C34H29F4N3O2S. The Morgan fingerprint density at radius 2 is 1.45 bits per heavy atom. The van der Waals surface area contributed by atoms with Gasteiger partial charge in [-0.05, 0) is 58.7 Å². The Kier molecular flexibility index (Phi) is 10.0. The maximum Gasteiger partial charge on any atom is 0.416 e. The quantitative estimate of drug-likeness (QED) is 0.144. The molecule has 226 valence electrons. The first-order valence-corrected chi connectivity index (χ1v) is 14.7. The van der Waals surface area contributed by atoms with Gasteiger partial charge in [-0.3, -0.25) is 9.69 Å². The number of aromatic nitrogens is 1. The molecule has 0 unspecified atom stereocenters. The molecule has 1 N–H and O–H groups in total. The summed E-state index contributed by atoms with van der Waals surface area (Å²) in [4.78, 5) is 19.4. The van der Waals surface area contributed by atoms with Crippen LogP contribution in [0.4, 0.5) is 17.6 Å². The van der Waals surface area contributed by atoms with E-state index < -0.39 is 17.6 Å². The Balaban J connectivity index is 1.22. The van der Waals surface area contributed by atoms with Crippen LogP contribution in [0.1, 0.15) is 43.3 Å². The van der Waals surface area contributed by atoms with Gasteiger partial charge in [-0.15, -0.1) is 11.3 Å². The average Bonchev–Trinajstić information content (AvgIpc) is 3.49. The summed E-state index contributed by atoms with van der Waals surface area (Å²) in [6.45, 7) is 1.92. The number of benzene rings is 4. The first-order chi connectivity index (χ1) is 21.2. The minimum Gasteiger partial charge on any atom is -0.489 e. The molecule has 5 aromatic rings. The number of rotatable bonds is 12. The summed E-state index contributed by atoms with van der Waals surface area (Å²) in [5.41, 5.74) is 2.80. The standard InChI is InChI=1S/C34H29F4N3O2S/c35-29-13-9-24(10-14-29)19-41(20-25-11-15-30(16-12-25)43-22-26-5-2-1-3-6-26)21-32-40-31(23-44-32)33(42)39-18-27-7-4-8-28(17-27)34(36,37)38/h1-17,23H,18-22H2,(H,39,42). The highest BCUT2D eigenvalue weighted by Crippen LogP contribution is 2.29. The van der Waals surface area contributed by atoms with E-state index in [2.05, 4.69) is 15.2 Å². The number of nitrogens with zero attached hydrogens (tertiary/aromatic N) is 2. The fourth-order valence-corrected chi connectivity index (χ4v) is 5.33. The van der Waals surface area contributed by atoms with Crippen molar-refractivity contribution in [3.8, 4) is 5.75 Å². The van der Waals surface area contributed by atoms with Gasteiger partial charge in [0.05, 0.1) is 12.1 Å². The third-order valence-electron chi connectivity index (χ3n) is 6.75. The molecule has 0 bridgehead atoms. The van der Waals surface area contributed by atoms with Crippen molar-refractivity contribution in [2.45, 2.75) is 39.0 Å². The molecule has 4 aromatic carbocycles. The third-order valence-corrected chi connectivity index (χ3v) is 7.58. The Hall–Kier alpha value is -4.54. The van der Waals surface area contributed by atoms with Crippen LogP contribution in [-0.4, -0.2) is 15.8 Å². The van der Waals surface area contributed by atoms with E-state index in [0.717, 1.165) is 34.6 Å². The molecular weight excluding hydrogens is 590 g/mol. The van der Waals surface area contributed by atoms with E-state index in [0.29, 0.717) is 36.8 Å². The first-order valence-electron chi connectivity index (χ1n) is 13.8. The molecule has 0 atom stereocenters. The summed E-state index contributed by atoms with van der Waals surface area (Å²) in [6, 6.07) is 28.9. The zero-order chi connectivity index (χ0) is 30.9. The highest BCUT2D eigenvalue weighted by molar-refractivity contribution is 7.09. The Labute approximate surface area is 256 Å². The number of amides is 1. The fourth-order valence-electron chi connectivity index (χ4n) is 4.52. The summed E-state index contributed by atoms with van der Waals surface area (Å²) in [5, 5.41) is 4.97. The predicted molar refractivity (Wildman–Crippen MR) is 161 cm³/mol. The topological polar surface area (TPSA) is 54.5 Å². The van der Waals surface area contributed by atoms with Crippen molar-refractivity contribution >= 4 is 17.2 Å². The van der Waals surface area contributed by atoms with Crippen LogP contribution in [0.2, 0.25) is 0 Å². The Bertz CT molecular complexity index is 1660. The highest BCUT2D eigenvalue weighted by atomic mass is 32.1. The maximum atomic E-state index is 13.5. The first kappa shape index (κ1) is 30.9. The van der Waals surface area contributed by atoms with E-state index in [1.165, 1.54) is 35.6 Å². The van der Waals surface area contributed by atoms with Gasteiger partial charge in [0, 0.05) is 25.0 Å². The molecule has 5 nitrogen and oxygen atoms in total. The van der Waals surface area contributed by atoms with Crippen molar-refractivity contribution in [1.82, 2.24) is 15.2 Å². The van der Waals surface area contributed by atoms with E-state index >= 15 is 0 Å². The van der Waals surface area contributed by atoms with Gasteiger partial charge in [0.15, 0.2) is 0 Å². The van der Waals surface area contributed by atoms with Crippen LogP contribution >= 0.6 is 11.3 Å². The van der Waals surface area contributed by atoms with E-state index in [1.54, 1.807) is 17.5 Å². The smallest absolute Gasteiger partial charge is 0.416 e. The summed E-state index contributed by atoms with van der Waals surface area (Å²) < 4.78 is 58.5. The summed E-state index contributed by atoms with van der Waals surface area (Å²) in [5.74, 6) is -0.0309. The van der Waals surface area contributed by atoms with Gasteiger partial charge in [-0.25, -0.2) is 9.37 Å². The monoisotopic (exact) mass is 619 g/mol. The van der Waals surface area contributed by atoms with Crippen LogP contribution < -0.4 is 10.1 Å². The third kappa shape index (κ3) is 8.98. The molecule has 10 heteroatoms. The second kappa shape index (κ2) is 14.3. The molecule has 0 radical (unpaired) electrons. The fraction of sp³-hybridized carbons (Fsp3) is 0.176. The largest absolute Gasteiger partial charge is 0.489 e. The molecule has 1 heterocycles. The van der Waals surface area contributed by atoms with E-state index in [4.69, 9.17) is 4.74 Å². The lowest BCUT2D eigenvalue weighted by molar-refractivity contribution is -0.137. The van der Waals surface area contributed by atoms with Crippen molar-refractivity contribution in [2.75, 3.05) is 0 Å².